The average Bonchev–Trinajstić information content (AvgIpc) is 3.40. The van der Waals surface area contributed by atoms with Gasteiger partial charge in [0.15, 0.2) is 0 Å². The summed E-state index contributed by atoms with van der Waals surface area (Å²) in [6.07, 6.45) is 2.74. The molecule has 1 N–H and O–H groups in total. The molecule has 1 fully saturated rings. The predicted molar refractivity (Wildman–Crippen MR) is 137 cm³/mol. The lowest BCUT2D eigenvalue weighted by molar-refractivity contribution is -0.384. The topological polar surface area (TPSA) is 156 Å². The summed E-state index contributed by atoms with van der Waals surface area (Å²) in [6.45, 7) is 2.76. The first kappa shape index (κ1) is 28.3. The normalized spacial score (nSPS) is 15.2. The number of nitro groups is 1. The molecule has 202 valence electrons. The Morgan fingerprint density at radius 2 is 1.78 bits per heavy atom. The monoisotopic (exact) mass is 554 g/mol. The fourth-order valence-corrected chi connectivity index (χ4v) is 6.77. The van der Waals surface area contributed by atoms with E-state index in [9.17, 15) is 31.7 Å². The second-order valence-electron chi connectivity index (χ2n) is 8.48. The number of amides is 1. The van der Waals surface area contributed by atoms with Crippen molar-refractivity contribution >= 4 is 37.3 Å². The first-order valence-corrected chi connectivity index (χ1v) is 15.0. The van der Waals surface area contributed by atoms with E-state index in [-0.39, 0.29) is 35.8 Å². The van der Waals surface area contributed by atoms with Gasteiger partial charge in [-0.1, -0.05) is 13.0 Å². The van der Waals surface area contributed by atoms with E-state index in [1.165, 1.54) is 46.8 Å². The smallest absolute Gasteiger partial charge is 0.271 e. The zero-order valence-corrected chi connectivity index (χ0v) is 22.2. The number of nitrogens with one attached hydrogen (secondary N) is 1. The average molecular weight is 555 g/mol. The van der Waals surface area contributed by atoms with Crippen LogP contribution in [0.15, 0.2) is 53.4 Å². The number of carbonyl (C=O) groups is 1. The number of nitro benzene ring substituents is 1. The number of sulfonamides is 2. The molecule has 3 rings (SSSR count). The van der Waals surface area contributed by atoms with Crippen LogP contribution >= 0.6 is 0 Å². The van der Waals surface area contributed by atoms with Crippen LogP contribution in [0.4, 0.5) is 11.4 Å². The van der Waals surface area contributed by atoms with Crippen molar-refractivity contribution in [2.45, 2.75) is 37.1 Å². The van der Waals surface area contributed by atoms with Gasteiger partial charge in [0.25, 0.3) is 5.69 Å². The highest BCUT2D eigenvalue weighted by molar-refractivity contribution is 7.92. The third-order valence-corrected chi connectivity index (χ3v) is 8.91. The molecule has 1 amide bonds. The van der Waals surface area contributed by atoms with Crippen LogP contribution < -0.4 is 14.4 Å². The third kappa shape index (κ3) is 6.96. The maximum absolute atomic E-state index is 12.9. The lowest BCUT2D eigenvalue weighted by atomic mass is 10.2. The van der Waals surface area contributed by atoms with Gasteiger partial charge in [0, 0.05) is 25.2 Å². The van der Waals surface area contributed by atoms with Crippen LogP contribution in [0.2, 0.25) is 0 Å². The van der Waals surface area contributed by atoms with E-state index in [0.717, 1.165) is 29.5 Å². The Labute approximate surface area is 216 Å². The van der Waals surface area contributed by atoms with Crippen LogP contribution in [-0.2, 0) is 24.8 Å². The molecule has 37 heavy (non-hydrogen) atoms. The van der Waals surface area contributed by atoms with Gasteiger partial charge in [0.05, 0.1) is 28.3 Å². The molecule has 1 saturated heterocycles. The SMILES string of the molecule is CC[C@H](C(=O)NCCOc1ccc(S(=O)(=O)N2CCCC2)cc1)N(c1cccc([N+](=O)[O-])c1)S(C)(=O)=O. The van der Waals surface area contributed by atoms with E-state index in [1.54, 1.807) is 6.92 Å². The molecule has 0 unspecified atom stereocenters. The molecule has 1 atom stereocenters. The second-order valence-corrected chi connectivity index (χ2v) is 12.3. The van der Waals surface area contributed by atoms with E-state index in [2.05, 4.69) is 5.32 Å². The van der Waals surface area contributed by atoms with Crippen molar-refractivity contribution in [2.24, 2.45) is 0 Å². The van der Waals surface area contributed by atoms with Crippen LogP contribution in [0.25, 0.3) is 0 Å². The number of ether oxygens (including phenoxy) is 1. The minimum absolute atomic E-state index is 0.0129. The summed E-state index contributed by atoms with van der Waals surface area (Å²) < 4.78 is 58.2. The standard InChI is InChI=1S/C23H30N4O8S2/c1-3-22(26(36(2,31)32)18-7-6-8-19(17-18)27(29)30)23(28)24-13-16-35-20-9-11-21(12-10-20)37(33,34)25-14-4-5-15-25/h6-12,17,22H,3-5,13-16H2,1-2H3,(H,24,28)/t22-/m1/s1. The molecule has 14 heteroatoms. The maximum Gasteiger partial charge on any atom is 0.271 e. The number of non-ortho nitro benzene ring substituents is 1. The van der Waals surface area contributed by atoms with Crippen LogP contribution in [0.3, 0.4) is 0 Å². The van der Waals surface area contributed by atoms with Gasteiger partial charge < -0.3 is 10.1 Å². The third-order valence-electron chi connectivity index (χ3n) is 5.82. The highest BCUT2D eigenvalue weighted by Gasteiger charge is 2.32. The highest BCUT2D eigenvalue weighted by atomic mass is 32.2. The summed E-state index contributed by atoms with van der Waals surface area (Å²) in [5.74, 6) is -0.175. The van der Waals surface area contributed by atoms with Crippen LogP contribution in [-0.4, -0.2) is 70.5 Å². The molecule has 0 bridgehead atoms. The molecule has 0 radical (unpaired) electrons. The van der Waals surface area contributed by atoms with Crippen molar-refractivity contribution in [1.82, 2.24) is 9.62 Å². The Morgan fingerprint density at radius 1 is 1.14 bits per heavy atom. The minimum atomic E-state index is -3.95. The van der Waals surface area contributed by atoms with E-state index < -0.39 is 36.9 Å². The number of anilines is 1. The fraction of sp³-hybridized carbons (Fsp3) is 0.435. The van der Waals surface area contributed by atoms with Gasteiger partial charge >= 0.3 is 0 Å². The van der Waals surface area contributed by atoms with Gasteiger partial charge in [-0.3, -0.25) is 19.2 Å². The molecular weight excluding hydrogens is 524 g/mol. The summed E-state index contributed by atoms with van der Waals surface area (Å²) in [7, 11) is -7.47. The molecule has 12 nitrogen and oxygen atoms in total. The van der Waals surface area contributed by atoms with Gasteiger partial charge in [-0.2, -0.15) is 4.31 Å². The Kier molecular flexibility index (Phi) is 9.10. The van der Waals surface area contributed by atoms with E-state index in [1.807, 2.05) is 0 Å². The maximum atomic E-state index is 12.9. The zero-order chi connectivity index (χ0) is 27.2. The van der Waals surface area contributed by atoms with Gasteiger partial charge in [-0.05, 0) is 49.6 Å². The molecule has 2 aromatic rings. The van der Waals surface area contributed by atoms with E-state index >= 15 is 0 Å². The Hall–Kier alpha value is -3.23. The van der Waals surface area contributed by atoms with E-state index in [4.69, 9.17) is 4.74 Å². The largest absolute Gasteiger partial charge is 0.492 e. The molecule has 2 aromatic carbocycles. The first-order valence-electron chi connectivity index (χ1n) is 11.7. The number of nitrogens with zero attached hydrogens (tertiary/aromatic N) is 3. The first-order chi connectivity index (χ1) is 17.4. The molecule has 1 aliphatic rings. The minimum Gasteiger partial charge on any atom is -0.492 e. The quantitative estimate of drug-likeness (QED) is 0.238. The molecule has 0 spiro atoms. The number of carbonyl (C=O) groups excluding carboxylic acids is 1. The predicted octanol–water partition coefficient (Wildman–Crippen LogP) is 2.12. The van der Waals surface area contributed by atoms with Crippen LogP contribution in [0, 0.1) is 10.1 Å². The summed E-state index contributed by atoms with van der Waals surface area (Å²) in [5.41, 5.74) is -0.284. The Balaban J connectivity index is 1.61. The second kappa shape index (κ2) is 11.9. The number of hydrogen-bond donors (Lipinski definition) is 1. The van der Waals surface area contributed by atoms with Crippen molar-refractivity contribution in [3.8, 4) is 5.75 Å². The van der Waals surface area contributed by atoms with Crippen molar-refractivity contribution in [3.63, 3.8) is 0 Å². The molecule has 0 saturated carbocycles. The molecule has 0 aliphatic carbocycles. The van der Waals surface area contributed by atoms with Crippen molar-refractivity contribution in [3.05, 3.63) is 58.6 Å². The summed E-state index contributed by atoms with van der Waals surface area (Å²) in [5, 5.41) is 13.8. The van der Waals surface area contributed by atoms with Gasteiger partial charge in [-0.25, -0.2) is 16.8 Å². The van der Waals surface area contributed by atoms with Crippen molar-refractivity contribution in [1.29, 1.82) is 0 Å². The van der Waals surface area contributed by atoms with E-state index in [0.29, 0.717) is 18.8 Å². The molecule has 0 aromatic heterocycles. The van der Waals surface area contributed by atoms with Gasteiger partial charge in [0.1, 0.15) is 18.4 Å². The number of hydrogen-bond acceptors (Lipinski definition) is 8. The zero-order valence-electron chi connectivity index (χ0n) is 20.6. The number of benzene rings is 2. The van der Waals surface area contributed by atoms with Crippen molar-refractivity contribution in [2.75, 3.05) is 36.8 Å². The Bertz CT molecular complexity index is 1320. The lowest BCUT2D eigenvalue weighted by Gasteiger charge is -2.30. The van der Waals surface area contributed by atoms with Gasteiger partial charge in [0.2, 0.25) is 26.0 Å². The lowest BCUT2D eigenvalue weighted by Crippen LogP contribution is -2.50. The highest BCUT2D eigenvalue weighted by Crippen LogP contribution is 2.26. The fourth-order valence-electron chi connectivity index (χ4n) is 4.05. The van der Waals surface area contributed by atoms with Crippen LogP contribution in [0.1, 0.15) is 26.2 Å². The molecule has 1 heterocycles. The molecule has 1 aliphatic heterocycles. The summed E-state index contributed by atoms with van der Waals surface area (Å²) in [6, 6.07) is 9.96. The van der Waals surface area contributed by atoms with Crippen LogP contribution in [0.5, 0.6) is 5.75 Å². The summed E-state index contributed by atoms with van der Waals surface area (Å²) in [4.78, 5) is 23.5. The molecular formula is C23H30N4O8S2. The summed E-state index contributed by atoms with van der Waals surface area (Å²) >= 11 is 0. The van der Waals surface area contributed by atoms with Gasteiger partial charge in [-0.15, -0.1) is 0 Å². The Morgan fingerprint density at radius 3 is 2.35 bits per heavy atom. The number of rotatable bonds is 12. The van der Waals surface area contributed by atoms with Crippen molar-refractivity contribution < 1.29 is 31.3 Å².